The summed E-state index contributed by atoms with van der Waals surface area (Å²) in [6.45, 7) is 6.34. The van der Waals surface area contributed by atoms with Crippen LogP contribution in [0.25, 0.3) is 0 Å². The van der Waals surface area contributed by atoms with Gasteiger partial charge in [-0.15, -0.1) is 11.6 Å². The quantitative estimate of drug-likeness (QED) is 0.341. The first-order valence-electron chi connectivity index (χ1n) is 13.0. The lowest BCUT2D eigenvalue weighted by Crippen LogP contribution is -2.99. The van der Waals surface area contributed by atoms with E-state index in [4.69, 9.17) is 26.4 Å². The van der Waals surface area contributed by atoms with E-state index in [0.29, 0.717) is 29.4 Å². The Morgan fingerprint density at radius 3 is 2.51 bits per heavy atom. The molecule has 35 heavy (non-hydrogen) atoms. The smallest absolute Gasteiger partial charge is 0.302 e. The van der Waals surface area contributed by atoms with Crippen molar-refractivity contribution < 1.29 is 24.8 Å². The minimum atomic E-state index is -0.964. The highest BCUT2D eigenvalue weighted by Crippen LogP contribution is 2.66. The Balaban J connectivity index is 1.29. The van der Waals surface area contributed by atoms with Crippen molar-refractivity contribution in [3.63, 3.8) is 0 Å². The van der Waals surface area contributed by atoms with Crippen LogP contribution in [-0.4, -0.2) is 28.4 Å². The molecule has 4 aliphatic carbocycles. The molecule has 1 aromatic rings. The van der Waals surface area contributed by atoms with Gasteiger partial charge in [0.1, 0.15) is 6.10 Å². The average molecular weight is 505 g/mol. The number of benzene rings is 1. The molecule has 4 aliphatic rings. The first kappa shape index (κ1) is 25.0. The van der Waals surface area contributed by atoms with E-state index in [0.717, 1.165) is 37.8 Å². The minimum Gasteiger partial charge on any atom is -0.595 e. The molecule has 4 saturated carbocycles. The molecule has 8 heteroatoms. The summed E-state index contributed by atoms with van der Waals surface area (Å²) >= 11 is 6.93. The van der Waals surface area contributed by atoms with E-state index in [-0.39, 0.29) is 34.0 Å². The van der Waals surface area contributed by atoms with Crippen LogP contribution in [0.1, 0.15) is 72.1 Å². The molecular weight excluding hydrogens is 468 g/mol. The number of halogens is 1. The van der Waals surface area contributed by atoms with Gasteiger partial charge < -0.3 is 14.8 Å². The van der Waals surface area contributed by atoms with Crippen molar-refractivity contribution in [3.05, 3.63) is 29.5 Å². The summed E-state index contributed by atoms with van der Waals surface area (Å²) in [7, 11) is 0. The number of carbonyl (C=O) groups excluding carboxylic acids is 1. The second-order valence-corrected chi connectivity index (χ2v) is 12.3. The molecule has 0 aromatic heterocycles. The van der Waals surface area contributed by atoms with Crippen LogP contribution in [-0.2, 0) is 9.53 Å². The molecule has 4 fully saturated rings. The second kappa shape index (κ2) is 9.33. The Bertz CT molecular complexity index is 984. The van der Waals surface area contributed by atoms with Gasteiger partial charge in [0.25, 0.3) is 0 Å². The maximum absolute atomic E-state index is 11.7. The van der Waals surface area contributed by atoms with Crippen LogP contribution < -0.4 is 10.1 Å². The highest BCUT2D eigenvalue weighted by atomic mass is 35.5. The number of hydrogen-bond acceptors (Lipinski definition) is 6. The maximum atomic E-state index is 11.7. The van der Waals surface area contributed by atoms with Crippen LogP contribution in [0.15, 0.2) is 29.4 Å². The van der Waals surface area contributed by atoms with Gasteiger partial charge >= 0.3 is 5.97 Å². The summed E-state index contributed by atoms with van der Waals surface area (Å²) in [6, 6.07) is 6.28. The highest BCUT2D eigenvalue weighted by Gasteiger charge is 2.61. The number of alkyl halides is 1. The third-order valence-electron chi connectivity index (χ3n) is 10.1. The Hall–Kier alpha value is -1.67. The summed E-state index contributed by atoms with van der Waals surface area (Å²) in [5.74, 6) is 2.82. The predicted octanol–water partition coefficient (Wildman–Crippen LogP) is 5.02. The lowest BCUT2D eigenvalue weighted by molar-refractivity contribution is -0.991. The molecule has 7 nitrogen and oxygen atoms in total. The summed E-state index contributed by atoms with van der Waals surface area (Å²) in [5, 5.41) is 23.4. The fourth-order valence-corrected chi connectivity index (χ4v) is 8.74. The number of rotatable bonds is 4. The lowest BCUT2D eigenvalue weighted by atomic mass is 9.45. The van der Waals surface area contributed by atoms with E-state index in [2.05, 4.69) is 19.0 Å². The molecule has 0 spiro atoms. The van der Waals surface area contributed by atoms with E-state index in [1.165, 1.54) is 38.3 Å². The van der Waals surface area contributed by atoms with Crippen molar-refractivity contribution in [2.75, 3.05) is 0 Å². The SMILES string of the molecule is CC(=O)O[C@H]1CC[C@H]2[C@@H]3CC[C@H]4C/C(=N/Oc5ccc([NH+]([O-])O)cc5)[C@H](Cl)C[C@]4(C)[C@H]3CC[C@]12C. The van der Waals surface area contributed by atoms with Crippen LogP contribution in [0.3, 0.4) is 0 Å². The zero-order valence-corrected chi connectivity index (χ0v) is 21.6. The first-order chi connectivity index (χ1) is 16.6. The third-order valence-corrected chi connectivity index (χ3v) is 10.5. The lowest BCUT2D eigenvalue weighted by Gasteiger charge is -2.60. The van der Waals surface area contributed by atoms with E-state index in [1.54, 1.807) is 12.1 Å². The molecule has 0 bridgehead atoms. The van der Waals surface area contributed by atoms with Gasteiger partial charge in [-0.05, 0) is 92.6 Å². The number of hydrogen-bond donors (Lipinski definition) is 2. The number of oxime groups is 1. The van der Waals surface area contributed by atoms with Crippen molar-refractivity contribution in [3.8, 4) is 5.75 Å². The van der Waals surface area contributed by atoms with Gasteiger partial charge in [0.05, 0.1) is 11.1 Å². The van der Waals surface area contributed by atoms with Crippen molar-refractivity contribution in [1.82, 2.24) is 0 Å². The molecule has 192 valence electrons. The van der Waals surface area contributed by atoms with Gasteiger partial charge in [0, 0.05) is 24.5 Å². The van der Waals surface area contributed by atoms with Crippen LogP contribution in [0.5, 0.6) is 5.75 Å². The van der Waals surface area contributed by atoms with Crippen molar-refractivity contribution in [2.45, 2.75) is 83.6 Å². The van der Waals surface area contributed by atoms with E-state index in [1.807, 2.05) is 0 Å². The van der Waals surface area contributed by atoms with Gasteiger partial charge in [0.15, 0.2) is 11.4 Å². The van der Waals surface area contributed by atoms with Crippen molar-refractivity contribution >= 4 is 29.0 Å². The van der Waals surface area contributed by atoms with Gasteiger partial charge in [-0.2, -0.15) is 5.23 Å². The molecule has 0 aliphatic heterocycles. The molecular formula is C27H37ClN2O5. The third kappa shape index (κ3) is 4.39. The Morgan fingerprint density at radius 1 is 1.11 bits per heavy atom. The molecule has 0 amide bonds. The van der Waals surface area contributed by atoms with Crippen LogP contribution in [0, 0.1) is 39.7 Å². The van der Waals surface area contributed by atoms with Crippen molar-refractivity contribution in [1.29, 1.82) is 0 Å². The zero-order valence-electron chi connectivity index (χ0n) is 20.8. The number of nitrogens with one attached hydrogen (secondary N) is 1. The predicted molar refractivity (Wildman–Crippen MR) is 133 cm³/mol. The highest BCUT2D eigenvalue weighted by molar-refractivity contribution is 6.32. The van der Waals surface area contributed by atoms with Crippen LogP contribution in [0.2, 0.25) is 0 Å². The summed E-state index contributed by atoms with van der Waals surface area (Å²) in [6.07, 6.45) is 8.62. The van der Waals surface area contributed by atoms with Gasteiger partial charge in [0.2, 0.25) is 0 Å². The molecule has 0 heterocycles. The van der Waals surface area contributed by atoms with E-state index < -0.39 is 5.23 Å². The molecule has 0 radical (unpaired) electrons. The number of carbonyl (C=O) groups is 1. The molecule has 1 unspecified atom stereocenters. The number of fused-ring (bicyclic) bond motifs is 5. The average Bonchev–Trinajstić information content (AvgIpc) is 3.13. The molecule has 5 rings (SSSR count). The fraction of sp³-hybridized carbons (Fsp3) is 0.704. The number of quaternary nitrogens is 1. The largest absolute Gasteiger partial charge is 0.595 e. The molecule has 2 N–H and O–H groups in total. The Morgan fingerprint density at radius 2 is 1.83 bits per heavy atom. The fourth-order valence-electron chi connectivity index (χ4n) is 8.28. The van der Waals surface area contributed by atoms with Crippen LogP contribution in [0.4, 0.5) is 5.69 Å². The Labute approximate surface area is 212 Å². The van der Waals surface area contributed by atoms with Gasteiger partial charge in [-0.25, -0.2) is 5.21 Å². The monoisotopic (exact) mass is 504 g/mol. The maximum Gasteiger partial charge on any atom is 0.302 e. The summed E-state index contributed by atoms with van der Waals surface area (Å²) in [4.78, 5) is 17.4. The number of ether oxygens (including phenoxy) is 1. The van der Waals surface area contributed by atoms with Gasteiger partial charge in [-0.1, -0.05) is 19.0 Å². The second-order valence-electron chi connectivity index (χ2n) is 11.8. The Kier molecular flexibility index (Phi) is 6.66. The zero-order chi connectivity index (χ0) is 25.0. The summed E-state index contributed by atoms with van der Waals surface area (Å²) in [5.41, 5.74) is 1.39. The molecule has 0 saturated heterocycles. The molecule has 1 aromatic carbocycles. The molecule has 9 atom stereocenters. The van der Waals surface area contributed by atoms with Gasteiger partial charge in [-0.3, -0.25) is 4.79 Å². The van der Waals surface area contributed by atoms with E-state index in [9.17, 15) is 10.0 Å². The normalized spacial score (nSPS) is 42.5. The first-order valence-corrected chi connectivity index (χ1v) is 13.4. The van der Waals surface area contributed by atoms with E-state index >= 15 is 0 Å². The minimum absolute atomic E-state index is 0.0593. The number of esters is 1. The number of nitrogens with zero attached hydrogens (tertiary/aromatic N) is 1. The summed E-state index contributed by atoms with van der Waals surface area (Å²) < 4.78 is 5.79. The standard InChI is InChI=1S/C27H37ClN2O5/c1-16(31)34-25-11-10-21-20-9-4-17-14-24(29-35-19-7-5-18(6-8-19)30(32)33)23(28)15-27(17,3)22(20)12-13-26(21,25)2/h5-8,17,20-23,25,30,32H,4,9-15H2,1-3H3/b29-24-/t17-,20-,21-,22-,23+,25-,26-,27-/m0/s1. The topological polar surface area (TPSA) is 95.6 Å². The van der Waals surface area contributed by atoms with Crippen molar-refractivity contribution in [2.24, 2.45) is 39.7 Å². The van der Waals surface area contributed by atoms with Crippen LogP contribution >= 0.6 is 11.6 Å².